The highest BCUT2D eigenvalue weighted by molar-refractivity contribution is 7.18. The first-order valence-corrected chi connectivity index (χ1v) is 9.09. The molecule has 0 saturated carbocycles. The van der Waals surface area contributed by atoms with Gasteiger partial charge in [-0.05, 0) is 49.2 Å². The van der Waals surface area contributed by atoms with E-state index in [0.717, 1.165) is 33.7 Å². The third-order valence-electron chi connectivity index (χ3n) is 3.99. The van der Waals surface area contributed by atoms with Gasteiger partial charge in [0, 0.05) is 28.5 Å². The molecule has 1 N–H and O–H groups in total. The molecule has 25 heavy (non-hydrogen) atoms. The first-order chi connectivity index (χ1) is 12.2. The molecule has 3 aromatic heterocycles. The normalized spacial score (nSPS) is 11.0. The Balaban J connectivity index is 1.86. The molecule has 0 aliphatic rings. The Bertz CT molecular complexity index is 1020. The lowest BCUT2D eigenvalue weighted by Crippen LogP contribution is -1.98. The SMILES string of the molecule is CCc1cc2c(Nc3cccc(C)c3)nc(-c3cccnc3)nc2s1. The first-order valence-electron chi connectivity index (χ1n) is 8.27. The minimum absolute atomic E-state index is 0.695. The number of anilines is 2. The Hall–Kier alpha value is -2.79. The summed E-state index contributed by atoms with van der Waals surface area (Å²) in [7, 11) is 0. The molecule has 3 heterocycles. The molecule has 4 aromatic rings. The van der Waals surface area contributed by atoms with Gasteiger partial charge >= 0.3 is 0 Å². The third kappa shape index (κ3) is 3.23. The average molecular weight is 346 g/mol. The molecule has 0 aliphatic carbocycles. The monoisotopic (exact) mass is 346 g/mol. The fraction of sp³-hybridized carbons (Fsp3) is 0.150. The molecule has 0 fully saturated rings. The van der Waals surface area contributed by atoms with E-state index < -0.39 is 0 Å². The number of hydrogen-bond donors (Lipinski definition) is 1. The standard InChI is InChI=1S/C20H18N4S/c1-3-16-11-17-19(22-15-8-4-6-13(2)10-15)23-18(24-20(17)25-16)14-7-5-9-21-12-14/h4-12H,3H2,1-2H3,(H,22,23,24). The molecule has 0 bridgehead atoms. The molecule has 0 saturated heterocycles. The van der Waals surface area contributed by atoms with Crippen LogP contribution in [0.5, 0.6) is 0 Å². The summed E-state index contributed by atoms with van der Waals surface area (Å²) >= 11 is 1.72. The lowest BCUT2D eigenvalue weighted by Gasteiger charge is -2.09. The maximum Gasteiger partial charge on any atom is 0.164 e. The zero-order valence-corrected chi connectivity index (χ0v) is 15.0. The van der Waals surface area contributed by atoms with Crippen LogP contribution in [0.1, 0.15) is 17.4 Å². The number of hydrogen-bond acceptors (Lipinski definition) is 5. The van der Waals surface area contributed by atoms with Crippen LogP contribution >= 0.6 is 11.3 Å². The van der Waals surface area contributed by atoms with Crippen LogP contribution in [0.2, 0.25) is 0 Å². The second-order valence-electron chi connectivity index (χ2n) is 5.92. The van der Waals surface area contributed by atoms with Crippen molar-refractivity contribution in [3.63, 3.8) is 0 Å². The summed E-state index contributed by atoms with van der Waals surface area (Å²) in [5.41, 5.74) is 3.16. The van der Waals surface area contributed by atoms with Crippen LogP contribution in [0.3, 0.4) is 0 Å². The molecule has 1 aromatic carbocycles. The van der Waals surface area contributed by atoms with Gasteiger partial charge in [0.25, 0.3) is 0 Å². The predicted octanol–water partition coefficient (Wildman–Crippen LogP) is 5.37. The van der Waals surface area contributed by atoms with E-state index in [0.29, 0.717) is 5.82 Å². The van der Waals surface area contributed by atoms with Gasteiger partial charge in [-0.2, -0.15) is 0 Å². The number of benzene rings is 1. The highest BCUT2D eigenvalue weighted by Gasteiger charge is 2.13. The van der Waals surface area contributed by atoms with Gasteiger partial charge in [-0.25, -0.2) is 9.97 Å². The Morgan fingerprint density at radius 3 is 2.76 bits per heavy atom. The summed E-state index contributed by atoms with van der Waals surface area (Å²) < 4.78 is 0. The number of thiophene rings is 1. The lowest BCUT2D eigenvalue weighted by molar-refractivity contribution is 1.19. The second-order valence-corrected chi connectivity index (χ2v) is 7.03. The highest BCUT2D eigenvalue weighted by Crippen LogP contribution is 2.33. The molecule has 0 radical (unpaired) electrons. The summed E-state index contributed by atoms with van der Waals surface area (Å²) in [6, 6.07) is 14.4. The maximum absolute atomic E-state index is 4.79. The van der Waals surface area contributed by atoms with Crippen molar-refractivity contribution < 1.29 is 0 Å². The summed E-state index contributed by atoms with van der Waals surface area (Å²) in [6.45, 7) is 4.25. The zero-order chi connectivity index (χ0) is 17.2. The van der Waals surface area contributed by atoms with Gasteiger partial charge < -0.3 is 5.32 Å². The summed E-state index contributed by atoms with van der Waals surface area (Å²) in [5.74, 6) is 1.53. The fourth-order valence-electron chi connectivity index (χ4n) is 2.72. The minimum Gasteiger partial charge on any atom is -0.340 e. The molecule has 0 aliphatic heterocycles. The van der Waals surface area contributed by atoms with Crippen molar-refractivity contribution in [2.75, 3.05) is 5.32 Å². The zero-order valence-electron chi connectivity index (χ0n) is 14.2. The van der Waals surface area contributed by atoms with E-state index in [1.54, 1.807) is 23.7 Å². The van der Waals surface area contributed by atoms with Crippen LogP contribution in [0.25, 0.3) is 21.6 Å². The molecule has 4 nitrogen and oxygen atoms in total. The number of nitrogens with one attached hydrogen (secondary N) is 1. The van der Waals surface area contributed by atoms with Crippen molar-refractivity contribution in [3.05, 3.63) is 65.3 Å². The third-order valence-corrected chi connectivity index (χ3v) is 5.17. The molecule has 5 heteroatoms. The van der Waals surface area contributed by atoms with E-state index in [1.807, 2.05) is 18.2 Å². The smallest absolute Gasteiger partial charge is 0.164 e. The molecular weight excluding hydrogens is 328 g/mol. The van der Waals surface area contributed by atoms with Crippen LogP contribution in [0, 0.1) is 6.92 Å². The van der Waals surface area contributed by atoms with E-state index in [1.165, 1.54) is 10.4 Å². The molecule has 0 spiro atoms. The van der Waals surface area contributed by atoms with Crippen LogP contribution in [-0.4, -0.2) is 15.0 Å². The Morgan fingerprint density at radius 1 is 1.08 bits per heavy atom. The fourth-order valence-corrected chi connectivity index (χ4v) is 3.69. The number of nitrogens with zero attached hydrogens (tertiary/aromatic N) is 3. The highest BCUT2D eigenvalue weighted by atomic mass is 32.1. The molecule has 124 valence electrons. The molecule has 0 atom stereocenters. The van der Waals surface area contributed by atoms with Gasteiger partial charge in [-0.3, -0.25) is 4.98 Å². The number of aromatic nitrogens is 3. The van der Waals surface area contributed by atoms with Crippen molar-refractivity contribution in [3.8, 4) is 11.4 Å². The van der Waals surface area contributed by atoms with Crippen molar-refractivity contribution in [1.29, 1.82) is 0 Å². The van der Waals surface area contributed by atoms with Crippen LogP contribution < -0.4 is 5.32 Å². The van der Waals surface area contributed by atoms with E-state index >= 15 is 0 Å². The summed E-state index contributed by atoms with van der Waals surface area (Å²) in [5, 5.41) is 4.54. The number of fused-ring (bicyclic) bond motifs is 1. The molecule has 0 amide bonds. The summed E-state index contributed by atoms with van der Waals surface area (Å²) in [6.07, 6.45) is 4.55. The second kappa shape index (κ2) is 6.61. The van der Waals surface area contributed by atoms with E-state index in [4.69, 9.17) is 9.97 Å². The van der Waals surface area contributed by atoms with Gasteiger partial charge in [0.15, 0.2) is 5.82 Å². The van der Waals surface area contributed by atoms with Crippen molar-refractivity contribution >= 4 is 33.1 Å². The van der Waals surface area contributed by atoms with Crippen molar-refractivity contribution in [2.45, 2.75) is 20.3 Å². The van der Waals surface area contributed by atoms with Crippen molar-refractivity contribution in [2.24, 2.45) is 0 Å². The van der Waals surface area contributed by atoms with Gasteiger partial charge in [0.05, 0.1) is 5.39 Å². The summed E-state index contributed by atoms with van der Waals surface area (Å²) in [4.78, 5) is 16.0. The van der Waals surface area contributed by atoms with Crippen LogP contribution in [0.4, 0.5) is 11.5 Å². The van der Waals surface area contributed by atoms with E-state index in [2.05, 4.69) is 48.4 Å². The average Bonchev–Trinajstić information content (AvgIpc) is 3.06. The van der Waals surface area contributed by atoms with Gasteiger partial charge in [0.2, 0.25) is 0 Å². The van der Waals surface area contributed by atoms with Gasteiger partial charge in [0.1, 0.15) is 10.6 Å². The largest absolute Gasteiger partial charge is 0.340 e. The number of pyridine rings is 1. The molecule has 4 rings (SSSR count). The molecular formula is C20H18N4S. The minimum atomic E-state index is 0.695. The van der Waals surface area contributed by atoms with Crippen molar-refractivity contribution in [1.82, 2.24) is 15.0 Å². The van der Waals surface area contributed by atoms with Gasteiger partial charge in [-0.15, -0.1) is 11.3 Å². The Labute approximate surface area is 150 Å². The molecule has 0 unspecified atom stereocenters. The van der Waals surface area contributed by atoms with Gasteiger partial charge in [-0.1, -0.05) is 19.1 Å². The topological polar surface area (TPSA) is 50.7 Å². The lowest BCUT2D eigenvalue weighted by atomic mass is 10.2. The predicted molar refractivity (Wildman–Crippen MR) is 104 cm³/mol. The van der Waals surface area contributed by atoms with E-state index in [9.17, 15) is 0 Å². The number of aryl methyl sites for hydroxylation is 2. The number of rotatable bonds is 4. The van der Waals surface area contributed by atoms with Crippen LogP contribution in [0.15, 0.2) is 54.9 Å². The van der Waals surface area contributed by atoms with E-state index in [-0.39, 0.29) is 0 Å². The van der Waals surface area contributed by atoms with Crippen LogP contribution in [-0.2, 0) is 6.42 Å². The maximum atomic E-state index is 4.79. The Morgan fingerprint density at radius 2 is 2.00 bits per heavy atom. The Kier molecular flexibility index (Phi) is 4.15. The quantitative estimate of drug-likeness (QED) is 0.540. The first kappa shape index (κ1) is 15.7.